The van der Waals surface area contributed by atoms with Gasteiger partial charge in [0.2, 0.25) is 0 Å². The van der Waals surface area contributed by atoms with Gasteiger partial charge in [-0.05, 0) is 6.07 Å². The highest BCUT2D eigenvalue weighted by molar-refractivity contribution is 7.10. The zero-order valence-corrected chi connectivity index (χ0v) is 10.9. The van der Waals surface area contributed by atoms with Crippen molar-refractivity contribution in [3.05, 3.63) is 21.9 Å². The first-order chi connectivity index (χ1) is 9.13. The van der Waals surface area contributed by atoms with Gasteiger partial charge in [-0.1, -0.05) is 11.8 Å². The molecule has 1 aromatic heterocycles. The van der Waals surface area contributed by atoms with Gasteiger partial charge >= 0.3 is 0 Å². The number of hydrogen-bond acceptors (Lipinski definition) is 4. The first kappa shape index (κ1) is 15.6. The third kappa shape index (κ3) is 6.29. The molecule has 0 bridgehead atoms. The maximum Gasteiger partial charge on any atom is 0.261 e. The monoisotopic (exact) mass is 288 g/mol. The fraction of sp³-hybridized carbons (Fsp3) is 0.417. The molecule has 1 aromatic rings. The molecule has 0 spiro atoms. The number of halogens is 2. The second-order valence-electron chi connectivity index (χ2n) is 3.43. The van der Waals surface area contributed by atoms with Crippen molar-refractivity contribution in [2.45, 2.75) is 6.43 Å². The number of carbonyl (C=O) groups is 1. The molecule has 0 atom stereocenters. The molecule has 19 heavy (non-hydrogen) atoms. The summed E-state index contributed by atoms with van der Waals surface area (Å²) in [6.45, 7) is -0.112. The van der Waals surface area contributed by atoms with Crippen LogP contribution in [0.4, 0.5) is 8.78 Å². The van der Waals surface area contributed by atoms with Crippen LogP contribution in [0.5, 0.6) is 0 Å². The van der Waals surface area contributed by atoms with Gasteiger partial charge in [0.15, 0.2) is 0 Å². The zero-order valence-electron chi connectivity index (χ0n) is 10.1. The van der Waals surface area contributed by atoms with Crippen LogP contribution in [-0.2, 0) is 4.74 Å². The molecule has 104 valence electrons. The lowest BCUT2D eigenvalue weighted by Crippen LogP contribution is -2.27. The molecular weight excluding hydrogens is 274 g/mol. The van der Waals surface area contributed by atoms with Gasteiger partial charge in [-0.15, -0.1) is 11.3 Å². The summed E-state index contributed by atoms with van der Waals surface area (Å²) in [6, 6.07) is 1.66. The number of alkyl halides is 2. The van der Waals surface area contributed by atoms with E-state index >= 15 is 0 Å². The predicted molar refractivity (Wildman–Crippen MR) is 69.4 cm³/mol. The number of hydrogen-bond donors (Lipinski definition) is 2. The number of nitrogens with one attached hydrogen (secondary N) is 1. The Morgan fingerprint density at radius 1 is 1.58 bits per heavy atom. The van der Waals surface area contributed by atoms with Crippen LogP contribution in [0, 0.1) is 11.8 Å². The Kier molecular flexibility index (Phi) is 7.03. The summed E-state index contributed by atoms with van der Waals surface area (Å²) in [5.41, 5.74) is 5.73. The second-order valence-corrected chi connectivity index (χ2v) is 4.34. The average Bonchev–Trinajstić information content (AvgIpc) is 2.84. The van der Waals surface area contributed by atoms with E-state index in [1.165, 1.54) is 11.3 Å². The fourth-order valence-electron chi connectivity index (χ4n) is 1.17. The molecule has 0 aliphatic heterocycles. The van der Waals surface area contributed by atoms with Crippen LogP contribution in [-0.4, -0.2) is 38.6 Å². The lowest BCUT2D eigenvalue weighted by atomic mass is 10.3. The van der Waals surface area contributed by atoms with Crippen molar-refractivity contribution in [3.8, 4) is 11.8 Å². The van der Waals surface area contributed by atoms with Gasteiger partial charge in [0.1, 0.15) is 6.61 Å². The molecule has 1 heterocycles. The van der Waals surface area contributed by atoms with Gasteiger partial charge in [-0.3, -0.25) is 4.79 Å². The van der Waals surface area contributed by atoms with E-state index in [0.717, 1.165) is 4.88 Å². The highest BCUT2D eigenvalue weighted by Crippen LogP contribution is 2.13. The van der Waals surface area contributed by atoms with Gasteiger partial charge < -0.3 is 15.8 Å². The Morgan fingerprint density at radius 3 is 3.05 bits per heavy atom. The van der Waals surface area contributed by atoms with Gasteiger partial charge in [-0.25, -0.2) is 8.78 Å². The molecule has 0 radical (unpaired) electrons. The number of nitrogens with two attached hydrogens (primary N) is 1. The second kappa shape index (κ2) is 8.58. The highest BCUT2D eigenvalue weighted by atomic mass is 32.1. The minimum Gasteiger partial charge on any atom is -0.374 e. The minimum atomic E-state index is -2.49. The SMILES string of the molecule is NCC#Cc1cc(C(=O)NCCOCC(F)F)cs1. The van der Waals surface area contributed by atoms with E-state index in [1.54, 1.807) is 11.4 Å². The summed E-state index contributed by atoms with van der Waals surface area (Å²) in [4.78, 5) is 12.4. The normalized spacial score (nSPS) is 10.1. The molecule has 0 aliphatic carbocycles. The molecule has 7 heteroatoms. The molecule has 3 N–H and O–H groups in total. The maximum atomic E-state index is 11.8. The van der Waals surface area contributed by atoms with E-state index in [1.807, 2.05) is 0 Å². The summed E-state index contributed by atoms with van der Waals surface area (Å²) >= 11 is 1.35. The topological polar surface area (TPSA) is 64.4 Å². The van der Waals surface area contributed by atoms with E-state index < -0.39 is 13.0 Å². The lowest BCUT2D eigenvalue weighted by molar-refractivity contribution is 0.0188. The summed E-state index contributed by atoms with van der Waals surface area (Å²) < 4.78 is 28.2. The van der Waals surface area contributed by atoms with Crippen molar-refractivity contribution >= 4 is 17.2 Å². The molecule has 0 aliphatic rings. The first-order valence-electron chi connectivity index (χ1n) is 5.55. The average molecular weight is 288 g/mol. The van der Waals surface area contributed by atoms with E-state index in [4.69, 9.17) is 5.73 Å². The van der Waals surface area contributed by atoms with Crippen molar-refractivity contribution in [2.24, 2.45) is 5.73 Å². The van der Waals surface area contributed by atoms with Gasteiger partial charge in [0.05, 0.1) is 23.6 Å². The first-order valence-corrected chi connectivity index (χ1v) is 6.43. The minimum absolute atomic E-state index is 0.0556. The van der Waals surface area contributed by atoms with Crippen molar-refractivity contribution in [1.82, 2.24) is 5.32 Å². The van der Waals surface area contributed by atoms with E-state index in [-0.39, 0.29) is 25.6 Å². The number of amides is 1. The van der Waals surface area contributed by atoms with Crippen LogP contribution >= 0.6 is 11.3 Å². The van der Waals surface area contributed by atoms with Crippen LogP contribution in [0.1, 0.15) is 15.2 Å². The third-order valence-corrected chi connectivity index (χ3v) is 2.80. The molecular formula is C12H14F2N2O2S. The summed E-state index contributed by atoms with van der Waals surface area (Å²) in [7, 11) is 0. The molecule has 1 amide bonds. The summed E-state index contributed by atoms with van der Waals surface area (Å²) in [6.07, 6.45) is -2.49. The number of carbonyl (C=O) groups excluding carboxylic acids is 1. The molecule has 0 fully saturated rings. The van der Waals surface area contributed by atoms with Crippen LogP contribution in [0.3, 0.4) is 0 Å². The quantitative estimate of drug-likeness (QED) is 0.608. The van der Waals surface area contributed by atoms with Crippen molar-refractivity contribution in [2.75, 3.05) is 26.3 Å². The summed E-state index contributed by atoms with van der Waals surface area (Å²) in [5.74, 6) is 5.24. The van der Waals surface area contributed by atoms with Gasteiger partial charge in [-0.2, -0.15) is 0 Å². The zero-order chi connectivity index (χ0) is 14.1. The number of ether oxygens (including phenoxy) is 1. The fourth-order valence-corrected chi connectivity index (χ4v) is 1.93. The van der Waals surface area contributed by atoms with Gasteiger partial charge in [0, 0.05) is 11.9 Å². The summed E-state index contributed by atoms with van der Waals surface area (Å²) in [5, 5.41) is 4.24. The molecule has 0 saturated carbocycles. The van der Waals surface area contributed by atoms with Crippen molar-refractivity contribution < 1.29 is 18.3 Å². The smallest absolute Gasteiger partial charge is 0.261 e. The van der Waals surface area contributed by atoms with Crippen LogP contribution in [0.25, 0.3) is 0 Å². The maximum absolute atomic E-state index is 11.8. The van der Waals surface area contributed by atoms with E-state index in [0.29, 0.717) is 5.56 Å². The molecule has 4 nitrogen and oxygen atoms in total. The Morgan fingerprint density at radius 2 is 2.37 bits per heavy atom. The number of thiophene rings is 1. The molecule has 1 rings (SSSR count). The molecule has 0 saturated heterocycles. The van der Waals surface area contributed by atoms with E-state index in [2.05, 4.69) is 21.9 Å². The molecule has 0 aromatic carbocycles. The van der Waals surface area contributed by atoms with Crippen LogP contribution < -0.4 is 11.1 Å². The van der Waals surface area contributed by atoms with E-state index in [9.17, 15) is 13.6 Å². The molecule has 0 unspecified atom stereocenters. The number of rotatable bonds is 6. The predicted octanol–water partition coefficient (Wildman–Crippen LogP) is 1.07. The Hall–Kier alpha value is -1.49. The highest BCUT2D eigenvalue weighted by Gasteiger charge is 2.07. The Labute approximate surface area is 113 Å². The van der Waals surface area contributed by atoms with Crippen LogP contribution in [0.15, 0.2) is 11.4 Å². The lowest BCUT2D eigenvalue weighted by Gasteiger charge is -2.04. The standard InChI is InChI=1S/C12H14F2N2O2S/c13-11(14)7-18-5-4-16-12(17)9-6-10(19-8-9)2-1-3-15/h6,8,11H,3-5,7,15H2,(H,16,17). The van der Waals surface area contributed by atoms with Crippen LogP contribution in [0.2, 0.25) is 0 Å². The Balaban J connectivity index is 2.31. The van der Waals surface area contributed by atoms with Gasteiger partial charge in [0.25, 0.3) is 12.3 Å². The largest absolute Gasteiger partial charge is 0.374 e. The third-order valence-electron chi connectivity index (χ3n) is 1.95. The van der Waals surface area contributed by atoms with Crippen molar-refractivity contribution in [1.29, 1.82) is 0 Å². The Bertz CT molecular complexity index is 466. The van der Waals surface area contributed by atoms with Crippen molar-refractivity contribution in [3.63, 3.8) is 0 Å².